The molecule has 0 saturated heterocycles. The number of nitrogens with two attached hydrogens (primary N) is 1. The Morgan fingerprint density at radius 3 is 2.35 bits per heavy atom. The molecular weight excluding hydrogens is 354 g/mol. The van der Waals surface area contributed by atoms with E-state index in [2.05, 4.69) is 5.32 Å². The number of rotatable bonds is 8. The fourth-order valence-corrected chi connectivity index (χ4v) is 2.78. The van der Waals surface area contributed by atoms with Crippen LogP contribution in [0.3, 0.4) is 0 Å². The summed E-state index contributed by atoms with van der Waals surface area (Å²) in [5, 5.41) is 7.83. The van der Waals surface area contributed by atoms with Gasteiger partial charge in [0, 0.05) is 5.69 Å². The van der Waals surface area contributed by atoms with Gasteiger partial charge in [0.05, 0.1) is 11.9 Å². The van der Waals surface area contributed by atoms with Crippen molar-refractivity contribution >= 4 is 21.6 Å². The summed E-state index contributed by atoms with van der Waals surface area (Å²) in [6, 6.07) is 15.0. The molecule has 0 aliphatic carbocycles. The van der Waals surface area contributed by atoms with Crippen LogP contribution in [0.15, 0.2) is 59.5 Å². The minimum Gasteiger partial charge on any atom is -0.488 e. The highest BCUT2D eigenvalue weighted by Gasteiger charge is 2.22. The van der Waals surface area contributed by atoms with Gasteiger partial charge in [-0.3, -0.25) is 4.79 Å². The van der Waals surface area contributed by atoms with Gasteiger partial charge in [-0.25, -0.2) is 13.6 Å². The molecule has 0 saturated carbocycles. The second-order valence-corrected chi connectivity index (χ2v) is 7.60. The van der Waals surface area contributed by atoms with Crippen LogP contribution < -0.4 is 20.1 Å². The van der Waals surface area contributed by atoms with Crippen LogP contribution in [-0.4, -0.2) is 40.6 Å². The Kier molecular flexibility index (Phi) is 6.73. The Hall–Kier alpha value is -2.42. The third-order valence-electron chi connectivity index (χ3n) is 4.09. The van der Waals surface area contributed by atoms with E-state index in [1.54, 1.807) is 0 Å². The summed E-state index contributed by atoms with van der Waals surface area (Å²) in [7, 11) is -1.82. The Morgan fingerprint density at radius 2 is 1.77 bits per heavy atom. The van der Waals surface area contributed by atoms with E-state index in [4.69, 9.17) is 9.88 Å². The van der Waals surface area contributed by atoms with Crippen molar-refractivity contribution < 1.29 is 22.8 Å². The molecule has 2 atom stereocenters. The molecule has 1 unspecified atom stereocenters. The minimum absolute atomic E-state index is 0.00403. The normalized spacial score (nSPS) is 13.7. The fraction of sp³-hybridized carbons (Fsp3) is 0.278. The summed E-state index contributed by atoms with van der Waals surface area (Å²) in [5.41, 5.74) is 0.516. The number of likely N-dealkylation sites (N-methyl/N-ethyl adjacent to an activating group) is 1. The molecule has 2 aromatic carbocycles. The zero-order valence-corrected chi connectivity index (χ0v) is 15.6. The third kappa shape index (κ3) is 5.83. The molecule has 0 fully saturated rings. The van der Waals surface area contributed by atoms with E-state index >= 15 is 0 Å². The quantitative estimate of drug-likeness (QED) is 0.613. The van der Waals surface area contributed by atoms with Crippen molar-refractivity contribution in [3.8, 4) is 5.75 Å². The van der Waals surface area contributed by atoms with Crippen LogP contribution in [0.25, 0.3) is 0 Å². The van der Waals surface area contributed by atoms with Crippen molar-refractivity contribution in [2.45, 2.75) is 17.9 Å². The van der Waals surface area contributed by atoms with E-state index in [1.165, 1.54) is 24.3 Å². The lowest BCUT2D eigenvalue weighted by Crippen LogP contribution is -3.14. The number of carbonyl (C=O) groups is 1. The first-order chi connectivity index (χ1) is 12.3. The number of hydrogen-bond donors (Lipinski definition) is 3. The smallest absolute Gasteiger partial charge is 0.282 e. The zero-order valence-electron chi connectivity index (χ0n) is 14.8. The Morgan fingerprint density at radius 1 is 1.15 bits per heavy atom. The summed E-state index contributed by atoms with van der Waals surface area (Å²) in [6.45, 7) is 2.98. The average Bonchev–Trinajstić information content (AvgIpc) is 2.61. The van der Waals surface area contributed by atoms with Gasteiger partial charge in [0.15, 0.2) is 6.04 Å². The van der Waals surface area contributed by atoms with Gasteiger partial charge in [0.1, 0.15) is 18.9 Å². The van der Waals surface area contributed by atoms with Gasteiger partial charge in [-0.2, -0.15) is 0 Å². The summed E-state index contributed by atoms with van der Waals surface area (Å²) < 4.78 is 28.1. The zero-order chi connectivity index (χ0) is 19.2. The van der Waals surface area contributed by atoms with Gasteiger partial charge in [0.2, 0.25) is 10.0 Å². The Balaban J connectivity index is 1.84. The minimum atomic E-state index is -3.74. The van der Waals surface area contributed by atoms with Gasteiger partial charge in [0.25, 0.3) is 5.91 Å². The summed E-state index contributed by atoms with van der Waals surface area (Å²) >= 11 is 0. The number of primary sulfonamides is 1. The number of sulfonamides is 1. The molecular formula is C18H24N3O4S+. The largest absolute Gasteiger partial charge is 0.488 e. The second-order valence-electron chi connectivity index (χ2n) is 6.04. The standard InChI is InChI=1S/C18H23N3O4S/c1-14(21(2)12-13-25-16-6-4-3-5-7-16)18(22)20-15-8-10-17(11-9-15)26(19,23)24/h3-11,14H,12-13H2,1-2H3,(H,20,22)(H2,19,23,24)/p+1/t14-/m0/s1. The lowest BCUT2D eigenvalue weighted by Gasteiger charge is -2.21. The Bertz CT molecular complexity index is 823. The number of benzene rings is 2. The first kappa shape index (κ1) is 19.9. The van der Waals surface area contributed by atoms with Crippen LogP contribution in [0.5, 0.6) is 5.75 Å². The molecule has 0 aromatic heterocycles. The lowest BCUT2D eigenvalue weighted by molar-refractivity contribution is -0.894. The number of amides is 1. The number of carbonyl (C=O) groups excluding carboxylic acids is 1. The maximum absolute atomic E-state index is 12.4. The van der Waals surface area contributed by atoms with Gasteiger partial charge in [-0.15, -0.1) is 0 Å². The van der Waals surface area contributed by atoms with Gasteiger partial charge in [-0.05, 0) is 43.3 Å². The number of hydrogen-bond acceptors (Lipinski definition) is 4. The van der Waals surface area contributed by atoms with E-state index in [0.29, 0.717) is 18.8 Å². The van der Waals surface area contributed by atoms with Crippen molar-refractivity contribution in [2.24, 2.45) is 5.14 Å². The first-order valence-electron chi connectivity index (χ1n) is 8.21. The van der Waals surface area contributed by atoms with Gasteiger partial charge >= 0.3 is 0 Å². The number of anilines is 1. The average molecular weight is 378 g/mol. The number of nitrogens with one attached hydrogen (secondary N) is 2. The summed E-state index contributed by atoms with van der Waals surface area (Å²) in [4.78, 5) is 13.4. The summed E-state index contributed by atoms with van der Waals surface area (Å²) in [6.07, 6.45) is 0. The van der Waals surface area contributed by atoms with Crippen LogP contribution in [0.2, 0.25) is 0 Å². The molecule has 0 heterocycles. The van der Waals surface area contributed by atoms with Crippen molar-refractivity contribution in [3.63, 3.8) is 0 Å². The predicted octanol–water partition coefficient (Wildman–Crippen LogP) is 0.255. The highest BCUT2D eigenvalue weighted by atomic mass is 32.2. The highest BCUT2D eigenvalue weighted by Crippen LogP contribution is 2.12. The van der Waals surface area contributed by atoms with E-state index in [0.717, 1.165) is 10.6 Å². The lowest BCUT2D eigenvalue weighted by atomic mass is 10.2. The summed E-state index contributed by atoms with van der Waals surface area (Å²) in [5.74, 6) is 0.637. The van der Waals surface area contributed by atoms with Crippen LogP contribution >= 0.6 is 0 Å². The molecule has 1 amide bonds. The number of para-hydroxylation sites is 1. The van der Waals surface area contributed by atoms with E-state index in [9.17, 15) is 13.2 Å². The molecule has 140 valence electrons. The molecule has 0 spiro atoms. The van der Waals surface area contributed by atoms with Gasteiger partial charge < -0.3 is 15.0 Å². The Labute approximate surface area is 153 Å². The number of quaternary nitrogens is 1. The van der Waals surface area contributed by atoms with Crippen LogP contribution in [0.1, 0.15) is 6.92 Å². The first-order valence-corrected chi connectivity index (χ1v) is 9.76. The molecule has 2 rings (SSSR count). The van der Waals surface area contributed by atoms with Gasteiger partial charge in [-0.1, -0.05) is 18.2 Å². The molecule has 0 aliphatic heterocycles. The predicted molar refractivity (Wildman–Crippen MR) is 99.6 cm³/mol. The van der Waals surface area contributed by atoms with E-state index in [-0.39, 0.29) is 16.8 Å². The molecule has 4 N–H and O–H groups in total. The molecule has 0 radical (unpaired) electrons. The SMILES string of the molecule is C[C@@H](C(=O)Nc1ccc(S(N)(=O)=O)cc1)[NH+](C)CCOc1ccccc1. The topological polar surface area (TPSA) is 103 Å². The monoisotopic (exact) mass is 378 g/mol. The molecule has 0 aliphatic rings. The van der Waals surface area contributed by atoms with Crippen molar-refractivity contribution in [1.29, 1.82) is 0 Å². The fourth-order valence-electron chi connectivity index (χ4n) is 2.27. The van der Waals surface area contributed by atoms with Crippen molar-refractivity contribution in [3.05, 3.63) is 54.6 Å². The molecule has 0 bridgehead atoms. The highest BCUT2D eigenvalue weighted by molar-refractivity contribution is 7.89. The van der Waals surface area contributed by atoms with E-state index in [1.807, 2.05) is 44.3 Å². The van der Waals surface area contributed by atoms with Crippen molar-refractivity contribution in [2.75, 3.05) is 25.5 Å². The second kappa shape index (κ2) is 8.79. The number of ether oxygens (including phenoxy) is 1. The molecule has 26 heavy (non-hydrogen) atoms. The molecule has 2 aromatic rings. The maximum Gasteiger partial charge on any atom is 0.282 e. The molecule has 7 nitrogen and oxygen atoms in total. The molecule has 8 heteroatoms. The maximum atomic E-state index is 12.4. The van der Waals surface area contributed by atoms with Crippen LogP contribution in [0.4, 0.5) is 5.69 Å². The third-order valence-corrected chi connectivity index (χ3v) is 5.02. The van der Waals surface area contributed by atoms with Crippen molar-refractivity contribution in [1.82, 2.24) is 0 Å². The van der Waals surface area contributed by atoms with Crippen LogP contribution in [-0.2, 0) is 14.8 Å². The van der Waals surface area contributed by atoms with Crippen LogP contribution in [0, 0.1) is 0 Å². The van der Waals surface area contributed by atoms with E-state index < -0.39 is 10.0 Å².